The Labute approximate surface area is 145 Å². The van der Waals surface area contributed by atoms with Crippen molar-refractivity contribution in [3.63, 3.8) is 0 Å². The molecule has 2 nitrogen and oxygen atoms in total. The summed E-state index contributed by atoms with van der Waals surface area (Å²) < 4.78 is 53.3. The van der Waals surface area contributed by atoms with Crippen LogP contribution in [0.5, 0.6) is 0 Å². The van der Waals surface area contributed by atoms with E-state index in [1.165, 1.54) is 19.1 Å². The summed E-state index contributed by atoms with van der Waals surface area (Å²) in [5.74, 6) is -1.59. The van der Waals surface area contributed by atoms with Crippen molar-refractivity contribution in [3.8, 4) is 11.1 Å². The summed E-state index contributed by atoms with van der Waals surface area (Å²) >= 11 is 0. The van der Waals surface area contributed by atoms with E-state index in [1.54, 1.807) is 6.07 Å². The molecule has 0 amide bonds. The summed E-state index contributed by atoms with van der Waals surface area (Å²) in [6, 6.07) is 6.74. The van der Waals surface area contributed by atoms with Gasteiger partial charge < -0.3 is 9.47 Å². The molecule has 1 heterocycles. The minimum Gasteiger partial charge on any atom is -0.348 e. The van der Waals surface area contributed by atoms with Gasteiger partial charge in [-0.05, 0) is 37.1 Å². The molecule has 3 rings (SSSR count). The van der Waals surface area contributed by atoms with E-state index in [0.717, 1.165) is 25.0 Å². The highest BCUT2D eigenvalue weighted by atomic mass is 19.1. The lowest BCUT2D eigenvalue weighted by Crippen LogP contribution is -2.27. The van der Waals surface area contributed by atoms with E-state index >= 15 is 0 Å². The molecular formula is C20H21F3O2. The Morgan fingerprint density at radius 3 is 2.16 bits per heavy atom. The highest BCUT2D eigenvalue weighted by molar-refractivity contribution is 5.65. The molecule has 0 aliphatic carbocycles. The van der Waals surface area contributed by atoms with Crippen LogP contribution in [0.4, 0.5) is 13.2 Å². The maximum Gasteiger partial charge on any atom is 0.183 e. The van der Waals surface area contributed by atoms with Crippen molar-refractivity contribution in [2.24, 2.45) is 5.92 Å². The number of hydrogen-bond acceptors (Lipinski definition) is 2. The molecule has 1 fully saturated rings. The standard InChI is InChI=1S/C20H21F3O2/c1-3-4-13-10-24-20(25-11-13)14-5-6-16(19(23)7-14)15-8-17(21)12(2)18(22)9-15/h5-9,13,20H,3-4,10-11H2,1-2H3. The molecule has 0 atom stereocenters. The van der Waals surface area contributed by atoms with Gasteiger partial charge in [0.25, 0.3) is 0 Å². The molecular weight excluding hydrogens is 329 g/mol. The molecule has 1 saturated heterocycles. The molecule has 1 aliphatic rings. The van der Waals surface area contributed by atoms with Crippen LogP contribution in [-0.4, -0.2) is 13.2 Å². The highest BCUT2D eigenvalue weighted by Crippen LogP contribution is 2.31. The second-order valence-corrected chi connectivity index (χ2v) is 6.46. The third-order valence-electron chi connectivity index (χ3n) is 4.52. The van der Waals surface area contributed by atoms with Crippen LogP contribution in [0.1, 0.15) is 37.2 Å². The van der Waals surface area contributed by atoms with Crippen LogP contribution in [0.2, 0.25) is 0 Å². The van der Waals surface area contributed by atoms with Crippen LogP contribution in [-0.2, 0) is 9.47 Å². The van der Waals surface area contributed by atoms with Gasteiger partial charge in [-0.3, -0.25) is 0 Å². The Hall–Kier alpha value is -1.85. The summed E-state index contributed by atoms with van der Waals surface area (Å²) in [7, 11) is 0. The second-order valence-electron chi connectivity index (χ2n) is 6.46. The lowest BCUT2D eigenvalue weighted by Gasteiger charge is -2.29. The van der Waals surface area contributed by atoms with E-state index < -0.39 is 23.7 Å². The average molecular weight is 350 g/mol. The van der Waals surface area contributed by atoms with E-state index in [-0.39, 0.29) is 16.7 Å². The molecule has 2 aromatic carbocycles. The van der Waals surface area contributed by atoms with Gasteiger partial charge in [0.2, 0.25) is 0 Å². The zero-order chi connectivity index (χ0) is 18.0. The molecule has 0 aromatic heterocycles. The summed E-state index contributed by atoms with van der Waals surface area (Å²) in [5, 5.41) is 0. The third-order valence-corrected chi connectivity index (χ3v) is 4.52. The number of benzene rings is 2. The second kappa shape index (κ2) is 7.58. The van der Waals surface area contributed by atoms with E-state index in [0.29, 0.717) is 24.7 Å². The third kappa shape index (κ3) is 3.88. The minimum atomic E-state index is -0.695. The van der Waals surface area contributed by atoms with Gasteiger partial charge in [0, 0.05) is 22.6 Å². The number of hydrogen-bond donors (Lipinski definition) is 0. The zero-order valence-electron chi connectivity index (χ0n) is 14.3. The van der Waals surface area contributed by atoms with E-state index in [4.69, 9.17) is 9.47 Å². The van der Waals surface area contributed by atoms with Gasteiger partial charge in [-0.25, -0.2) is 13.2 Å². The summed E-state index contributed by atoms with van der Waals surface area (Å²) in [6.45, 7) is 4.61. The summed E-state index contributed by atoms with van der Waals surface area (Å²) in [4.78, 5) is 0. The van der Waals surface area contributed by atoms with Crippen molar-refractivity contribution in [1.82, 2.24) is 0 Å². The van der Waals surface area contributed by atoms with Crippen LogP contribution in [0.15, 0.2) is 30.3 Å². The molecule has 0 spiro atoms. The largest absolute Gasteiger partial charge is 0.348 e. The van der Waals surface area contributed by atoms with Crippen molar-refractivity contribution in [3.05, 3.63) is 58.9 Å². The number of ether oxygens (including phenoxy) is 2. The maximum atomic E-state index is 14.5. The van der Waals surface area contributed by atoms with Crippen molar-refractivity contribution in [2.45, 2.75) is 33.0 Å². The fraction of sp³-hybridized carbons (Fsp3) is 0.400. The Kier molecular flexibility index (Phi) is 5.45. The molecule has 0 radical (unpaired) electrons. The van der Waals surface area contributed by atoms with Crippen LogP contribution >= 0.6 is 0 Å². The van der Waals surface area contributed by atoms with Gasteiger partial charge in [-0.15, -0.1) is 0 Å². The van der Waals surface area contributed by atoms with Gasteiger partial charge >= 0.3 is 0 Å². The van der Waals surface area contributed by atoms with Crippen molar-refractivity contribution in [1.29, 1.82) is 0 Å². The first-order valence-corrected chi connectivity index (χ1v) is 8.48. The van der Waals surface area contributed by atoms with Crippen molar-refractivity contribution >= 4 is 0 Å². The topological polar surface area (TPSA) is 18.5 Å². The highest BCUT2D eigenvalue weighted by Gasteiger charge is 2.24. The van der Waals surface area contributed by atoms with Crippen LogP contribution < -0.4 is 0 Å². The van der Waals surface area contributed by atoms with E-state index in [1.807, 2.05) is 0 Å². The molecule has 5 heteroatoms. The van der Waals surface area contributed by atoms with Gasteiger partial charge in [-0.1, -0.05) is 25.5 Å². The van der Waals surface area contributed by atoms with Gasteiger partial charge in [-0.2, -0.15) is 0 Å². The first kappa shape index (κ1) is 18.0. The minimum absolute atomic E-state index is 0.0774. The molecule has 134 valence electrons. The monoisotopic (exact) mass is 350 g/mol. The summed E-state index contributed by atoms with van der Waals surface area (Å²) in [5.41, 5.74) is 0.787. The smallest absolute Gasteiger partial charge is 0.183 e. The zero-order valence-corrected chi connectivity index (χ0v) is 14.3. The maximum absolute atomic E-state index is 14.5. The lowest BCUT2D eigenvalue weighted by molar-refractivity contribution is -0.206. The van der Waals surface area contributed by atoms with Crippen molar-refractivity contribution < 1.29 is 22.6 Å². The molecule has 0 unspecified atom stereocenters. The average Bonchev–Trinajstić information content (AvgIpc) is 2.60. The van der Waals surface area contributed by atoms with Crippen LogP contribution in [0.3, 0.4) is 0 Å². The Bertz CT molecular complexity index is 730. The molecule has 1 aliphatic heterocycles. The van der Waals surface area contributed by atoms with E-state index in [2.05, 4.69) is 6.92 Å². The fourth-order valence-electron chi connectivity index (χ4n) is 3.02. The quantitative estimate of drug-likeness (QED) is 0.721. The molecule has 0 N–H and O–H groups in total. The number of rotatable bonds is 4. The van der Waals surface area contributed by atoms with Crippen LogP contribution in [0, 0.1) is 30.3 Å². The predicted molar refractivity (Wildman–Crippen MR) is 89.5 cm³/mol. The Balaban J connectivity index is 1.80. The van der Waals surface area contributed by atoms with Gasteiger partial charge in [0.1, 0.15) is 17.5 Å². The Morgan fingerprint density at radius 2 is 1.60 bits per heavy atom. The van der Waals surface area contributed by atoms with Crippen molar-refractivity contribution in [2.75, 3.05) is 13.2 Å². The Morgan fingerprint density at radius 1 is 0.960 bits per heavy atom. The van der Waals surface area contributed by atoms with E-state index in [9.17, 15) is 13.2 Å². The lowest BCUT2D eigenvalue weighted by atomic mass is 10.0. The molecule has 0 bridgehead atoms. The predicted octanol–water partition coefficient (Wildman–Crippen LogP) is 5.54. The first-order valence-electron chi connectivity index (χ1n) is 8.48. The number of halogens is 3. The molecule has 2 aromatic rings. The SMILES string of the molecule is CCCC1COC(c2ccc(-c3cc(F)c(C)c(F)c3)c(F)c2)OC1. The molecule has 0 saturated carbocycles. The fourth-order valence-corrected chi connectivity index (χ4v) is 3.02. The first-order chi connectivity index (χ1) is 12.0. The van der Waals surface area contributed by atoms with Gasteiger partial charge in [0.05, 0.1) is 13.2 Å². The van der Waals surface area contributed by atoms with Crippen LogP contribution in [0.25, 0.3) is 11.1 Å². The van der Waals surface area contributed by atoms with Gasteiger partial charge in [0.15, 0.2) is 6.29 Å². The summed E-state index contributed by atoms with van der Waals surface area (Å²) in [6.07, 6.45) is 1.49. The molecule has 25 heavy (non-hydrogen) atoms. The normalized spacial score (nSPS) is 20.7.